The molecule has 0 heterocycles. The molecule has 3 nitrogen and oxygen atoms in total. The van der Waals surface area contributed by atoms with Crippen LogP contribution in [0.5, 0.6) is 0 Å². The zero-order valence-corrected chi connectivity index (χ0v) is 8.75. The third-order valence-electron chi connectivity index (χ3n) is 2.02. The van der Waals surface area contributed by atoms with E-state index < -0.39 is 11.7 Å². The SMILES string of the molecule is Cc1ccc(F)c(C(=O)N[C@H](C)CO)c1. The molecule has 2 N–H and O–H groups in total. The van der Waals surface area contributed by atoms with Gasteiger partial charge in [0, 0.05) is 6.04 Å². The van der Waals surface area contributed by atoms with Crippen LogP contribution in [0.3, 0.4) is 0 Å². The Hall–Kier alpha value is -1.42. The van der Waals surface area contributed by atoms with Gasteiger partial charge in [0.1, 0.15) is 5.82 Å². The largest absolute Gasteiger partial charge is 0.394 e. The van der Waals surface area contributed by atoms with E-state index in [1.54, 1.807) is 19.9 Å². The molecule has 0 fully saturated rings. The maximum atomic E-state index is 13.3. The molecule has 15 heavy (non-hydrogen) atoms. The molecule has 0 unspecified atom stereocenters. The highest BCUT2D eigenvalue weighted by molar-refractivity contribution is 5.94. The molecule has 1 rings (SSSR count). The van der Waals surface area contributed by atoms with Crippen molar-refractivity contribution in [2.24, 2.45) is 0 Å². The standard InChI is InChI=1S/C11H14FNO2/c1-7-3-4-10(12)9(5-7)11(15)13-8(2)6-14/h3-5,8,14H,6H2,1-2H3,(H,13,15)/t8-/m1/s1. The van der Waals surface area contributed by atoms with Gasteiger partial charge in [-0.15, -0.1) is 0 Å². The van der Waals surface area contributed by atoms with Gasteiger partial charge in [0.25, 0.3) is 5.91 Å². The third-order valence-corrected chi connectivity index (χ3v) is 2.02. The molecule has 0 aliphatic heterocycles. The first-order valence-electron chi connectivity index (χ1n) is 4.72. The van der Waals surface area contributed by atoms with Crippen LogP contribution in [-0.4, -0.2) is 23.7 Å². The number of aryl methyl sites for hydroxylation is 1. The number of hydrogen-bond acceptors (Lipinski definition) is 2. The van der Waals surface area contributed by atoms with Gasteiger partial charge in [0.15, 0.2) is 0 Å². The number of halogens is 1. The van der Waals surface area contributed by atoms with Gasteiger partial charge < -0.3 is 10.4 Å². The minimum Gasteiger partial charge on any atom is -0.394 e. The van der Waals surface area contributed by atoms with Crippen LogP contribution < -0.4 is 5.32 Å². The Kier molecular flexibility index (Phi) is 3.80. The van der Waals surface area contributed by atoms with Gasteiger partial charge in [-0.25, -0.2) is 4.39 Å². The van der Waals surface area contributed by atoms with Crippen LogP contribution in [0.15, 0.2) is 18.2 Å². The summed E-state index contributed by atoms with van der Waals surface area (Å²) >= 11 is 0. The maximum Gasteiger partial charge on any atom is 0.254 e. The minimum absolute atomic E-state index is 0.00954. The summed E-state index contributed by atoms with van der Waals surface area (Å²) in [7, 11) is 0. The molecule has 0 radical (unpaired) electrons. The summed E-state index contributed by atoms with van der Waals surface area (Å²) in [6, 6.07) is 3.96. The van der Waals surface area contributed by atoms with Gasteiger partial charge >= 0.3 is 0 Å². The summed E-state index contributed by atoms with van der Waals surface area (Å²) < 4.78 is 13.3. The van der Waals surface area contributed by atoms with E-state index in [2.05, 4.69) is 5.32 Å². The van der Waals surface area contributed by atoms with E-state index in [4.69, 9.17) is 5.11 Å². The zero-order chi connectivity index (χ0) is 11.4. The Morgan fingerprint density at radius 3 is 2.87 bits per heavy atom. The van der Waals surface area contributed by atoms with Crippen molar-refractivity contribution in [3.63, 3.8) is 0 Å². The highest BCUT2D eigenvalue weighted by Crippen LogP contribution is 2.09. The molecule has 0 saturated carbocycles. The Morgan fingerprint density at radius 1 is 1.60 bits per heavy atom. The second-order valence-corrected chi connectivity index (χ2v) is 3.54. The van der Waals surface area contributed by atoms with Crippen molar-refractivity contribution in [2.45, 2.75) is 19.9 Å². The molecular weight excluding hydrogens is 197 g/mol. The average molecular weight is 211 g/mol. The molecule has 0 spiro atoms. The fraction of sp³-hybridized carbons (Fsp3) is 0.364. The lowest BCUT2D eigenvalue weighted by Crippen LogP contribution is -2.35. The smallest absolute Gasteiger partial charge is 0.254 e. The van der Waals surface area contributed by atoms with E-state index in [1.807, 2.05) is 0 Å². The quantitative estimate of drug-likeness (QED) is 0.790. The van der Waals surface area contributed by atoms with Gasteiger partial charge in [-0.1, -0.05) is 11.6 Å². The van der Waals surface area contributed by atoms with Crippen molar-refractivity contribution < 1.29 is 14.3 Å². The van der Waals surface area contributed by atoms with Gasteiger partial charge in [-0.05, 0) is 26.0 Å². The van der Waals surface area contributed by atoms with E-state index >= 15 is 0 Å². The molecule has 1 atom stereocenters. The van der Waals surface area contributed by atoms with Gasteiger partial charge in [-0.3, -0.25) is 4.79 Å². The first-order valence-corrected chi connectivity index (χ1v) is 4.72. The molecule has 0 aromatic heterocycles. The summed E-state index contributed by atoms with van der Waals surface area (Å²) in [6.45, 7) is 3.26. The van der Waals surface area contributed by atoms with Crippen molar-refractivity contribution in [1.29, 1.82) is 0 Å². The topological polar surface area (TPSA) is 49.3 Å². The number of carbonyl (C=O) groups excluding carboxylic acids is 1. The molecule has 0 saturated heterocycles. The van der Waals surface area contributed by atoms with Crippen molar-refractivity contribution >= 4 is 5.91 Å². The Morgan fingerprint density at radius 2 is 2.27 bits per heavy atom. The van der Waals surface area contributed by atoms with E-state index in [9.17, 15) is 9.18 Å². The monoisotopic (exact) mass is 211 g/mol. The number of aliphatic hydroxyl groups excluding tert-OH is 1. The van der Waals surface area contributed by atoms with Gasteiger partial charge in [-0.2, -0.15) is 0 Å². The number of aliphatic hydroxyl groups is 1. The summed E-state index contributed by atoms with van der Waals surface area (Å²) in [6.07, 6.45) is 0. The Balaban J connectivity index is 2.86. The highest BCUT2D eigenvalue weighted by Gasteiger charge is 2.13. The lowest BCUT2D eigenvalue weighted by molar-refractivity contribution is 0.0918. The number of rotatable bonds is 3. The van der Waals surface area contributed by atoms with E-state index in [1.165, 1.54) is 12.1 Å². The number of amides is 1. The number of carbonyl (C=O) groups is 1. The fourth-order valence-corrected chi connectivity index (χ4v) is 1.16. The van der Waals surface area contributed by atoms with E-state index in [0.29, 0.717) is 0 Å². The van der Waals surface area contributed by atoms with Gasteiger partial charge in [0.2, 0.25) is 0 Å². The second kappa shape index (κ2) is 4.89. The van der Waals surface area contributed by atoms with Crippen molar-refractivity contribution in [1.82, 2.24) is 5.32 Å². The lowest BCUT2D eigenvalue weighted by Gasteiger charge is -2.11. The molecule has 4 heteroatoms. The summed E-state index contributed by atoms with van der Waals surface area (Å²) in [5, 5.41) is 11.2. The summed E-state index contributed by atoms with van der Waals surface area (Å²) in [4.78, 5) is 11.5. The number of hydrogen-bond donors (Lipinski definition) is 2. The highest BCUT2D eigenvalue weighted by atomic mass is 19.1. The van der Waals surface area contributed by atoms with Crippen LogP contribution in [0.1, 0.15) is 22.8 Å². The summed E-state index contributed by atoms with van der Waals surface area (Å²) in [5.74, 6) is -1.05. The van der Waals surface area contributed by atoms with Crippen molar-refractivity contribution in [3.8, 4) is 0 Å². The summed E-state index contributed by atoms with van der Waals surface area (Å²) in [5.41, 5.74) is 0.827. The normalized spacial score (nSPS) is 12.3. The molecule has 1 amide bonds. The first kappa shape index (κ1) is 11.7. The zero-order valence-electron chi connectivity index (χ0n) is 8.75. The average Bonchev–Trinajstić information content (AvgIpc) is 2.21. The maximum absolute atomic E-state index is 13.3. The van der Waals surface area contributed by atoms with E-state index in [-0.39, 0.29) is 18.2 Å². The van der Waals surface area contributed by atoms with Crippen LogP contribution in [0.2, 0.25) is 0 Å². The molecule has 0 aliphatic rings. The van der Waals surface area contributed by atoms with Crippen LogP contribution in [0.25, 0.3) is 0 Å². The van der Waals surface area contributed by atoms with Crippen LogP contribution in [0.4, 0.5) is 4.39 Å². The predicted molar refractivity (Wildman–Crippen MR) is 55.2 cm³/mol. The third kappa shape index (κ3) is 3.02. The first-order chi connectivity index (χ1) is 7.04. The molecule has 1 aromatic carbocycles. The van der Waals surface area contributed by atoms with Gasteiger partial charge in [0.05, 0.1) is 12.2 Å². The van der Waals surface area contributed by atoms with Crippen LogP contribution >= 0.6 is 0 Å². The second-order valence-electron chi connectivity index (χ2n) is 3.54. The van der Waals surface area contributed by atoms with Crippen LogP contribution in [-0.2, 0) is 0 Å². The molecule has 82 valence electrons. The Labute approximate surface area is 87.9 Å². The molecular formula is C11H14FNO2. The molecule has 0 aliphatic carbocycles. The van der Waals surface area contributed by atoms with E-state index in [0.717, 1.165) is 5.56 Å². The minimum atomic E-state index is -0.553. The fourth-order valence-electron chi connectivity index (χ4n) is 1.16. The van der Waals surface area contributed by atoms with Crippen molar-refractivity contribution in [3.05, 3.63) is 35.1 Å². The Bertz CT molecular complexity index is 366. The number of benzene rings is 1. The molecule has 0 bridgehead atoms. The molecule has 1 aromatic rings. The number of nitrogens with one attached hydrogen (secondary N) is 1. The van der Waals surface area contributed by atoms with Crippen molar-refractivity contribution in [2.75, 3.05) is 6.61 Å². The lowest BCUT2D eigenvalue weighted by atomic mass is 10.1. The van der Waals surface area contributed by atoms with Crippen LogP contribution in [0, 0.1) is 12.7 Å². The predicted octanol–water partition coefficient (Wildman–Crippen LogP) is 1.24.